The molecule has 4 aromatic rings. The van der Waals surface area contributed by atoms with Gasteiger partial charge in [-0.15, -0.1) is 0 Å². The summed E-state index contributed by atoms with van der Waals surface area (Å²) in [5.74, 6) is 0.499. The fourth-order valence-electron chi connectivity index (χ4n) is 3.29. The molecule has 1 amide bonds. The molecule has 0 aliphatic carbocycles. The lowest BCUT2D eigenvalue weighted by Crippen LogP contribution is -2.19. The van der Waals surface area contributed by atoms with Crippen molar-refractivity contribution >= 4 is 34.5 Å². The van der Waals surface area contributed by atoms with Gasteiger partial charge < -0.3 is 4.74 Å². The molecule has 4 aromatic carbocycles. The molecule has 154 valence electrons. The predicted molar refractivity (Wildman–Crippen MR) is 126 cm³/mol. The zero-order valence-electron chi connectivity index (χ0n) is 16.8. The predicted octanol–water partition coefficient (Wildman–Crippen LogP) is 5.77. The van der Waals surface area contributed by atoms with Crippen molar-refractivity contribution in [2.75, 3.05) is 0 Å². The highest BCUT2D eigenvalue weighted by molar-refractivity contribution is 6.30. The van der Waals surface area contributed by atoms with E-state index in [2.05, 4.69) is 34.8 Å². The van der Waals surface area contributed by atoms with Crippen molar-refractivity contribution in [1.29, 1.82) is 0 Å². The van der Waals surface area contributed by atoms with Crippen molar-refractivity contribution < 1.29 is 9.53 Å². The SMILES string of the molecule is O=C(Cc1ccc(Cl)cc1)N/N=C/c1ccccc1OCc1cccc2ccccc12. The molecule has 0 atom stereocenters. The topological polar surface area (TPSA) is 50.7 Å². The summed E-state index contributed by atoms with van der Waals surface area (Å²) in [5.41, 5.74) is 5.33. The lowest BCUT2D eigenvalue weighted by atomic mass is 10.1. The second-order valence-electron chi connectivity index (χ2n) is 7.06. The van der Waals surface area contributed by atoms with Gasteiger partial charge in [0.15, 0.2) is 0 Å². The molecule has 0 heterocycles. The molecule has 4 rings (SSSR count). The Hall–Kier alpha value is -3.63. The molecule has 0 bridgehead atoms. The van der Waals surface area contributed by atoms with Gasteiger partial charge in [-0.2, -0.15) is 5.10 Å². The average Bonchev–Trinajstić information content (AvgIpc) is 2.80. The normalized spacial score (nSPS) is 11.0. The summed E-state index contributed by atoms with van der Waals surface area (Å²) in [4.78, 5) is 12.1. The van der Waals surface area contributed by atoms with Gasteiger partial charge in [-0.05, 0) is 46.2 Å². The summed E-state index contributed by atoms with van der Waals surface area (Å²) < 4.78 is 6.08. The minimum Gasteiger partial charge on any atom is -0.488 e. The Balaban J connectivity index is 1.40. The smallest absolute Gasteiger partial charge is 0.244 e. The van der Waals surface area contributed by atoms with E-state index < -0.39 is 0 Å². The molecular weight excluding hydrogens is 408 g/mol. The van der Waals surface area contributed by atoms with E-state index in [0.717, 1.165) is 16.7 Å². The van der Waals surface area contributed by atoms with E-state index in [9.17, 15) is 4.79 Å². The van der Waals surface area contributed by atoms with Crippen molar-refractivity contribution in [3.05, 3.63) is 113 Å². The first-order valence-electron chi connectivity index (χ1n) is 9.94. The molecule has 0 radical (unpaired) electrons. The monoisotopic (exact) mass is 428 g/mol. The van der Waals surface area contributed by atoms with Crippen molar-refractivity contribution in [3.63, 3.8) is 0 Å². The summed E-state index contributed by atoms with van der Waals surface area (Å²) >= 11 is 5.87. The van der Waals surface area contributed by atoms with Crippen LogP contribution in [0.1, 0.15) is 16.7 Å². The van der Waals surface area contributed by atoms with Crippen molar-refractivity contribution in [2.45, 2.75) is 13.0 Å². The lowest BCUT2D eigenvalue weighted by Gasteiger charge is -2.11. The van der Waals surface area contributed by atoms with Gasteiger partial charge in [0.1, 0.15) is 12.4 Å². The molecular formula is C26H21ClN2O2. The number of hydrogen-bond donors (Lipinski definition) is 1. The van der Waals surface area contributed by atoms with E-state index >= 15 is 0 Å². The van der Waals surface area contributed by atoms with E-state index in [1.54, 1.807) is 18.3 Å². The molecule has 31 heavy (non-hydrogen) atoms. The van der Waals surface area contributed by atoms with Crippen LogP contribution in [0, 0.1) is 0 Å². The number of carbonyl (C=O) groups is 1. The zero-order chi connectivity index (χ0) is 21.5. The Morgan fingerprint density at radius 1 is 0.903 bits per heavy atom. The van der Waals surface area contributed by atoms with Gasteiger partial charge >= 0.3 is 0 Å². The molecule has 0 saturated heterocycles. The van der Waals surface area contributed by atoms with Gasteiger partial charge in [0.05, 0.1) is 12.6 Å². The number of ether oxygens (including phenoxy) is 1. The van der Waals surface area contributed by atoms with Gasteiger partial charge in [0.2, 0.25) is 5.91 Å². The maximum Gasteiger partial charge on any atom is 0.244 e. The number of halogens is 1. The molecule has 1 N–H and O–H groups in total. The second kappa shape index (κ2) is 9.92. The Bertz CT molecular complexity index is 1210. The van der Waals surface area contributed by atoms with Gasteiger partial charge in [-0.1, -0.05) is 78.3 Å². The number of nitrogens with zero attached hydrogens (tertiary/aromatic N) is 1. The molecule has 5 heteroatoms. The quantitative estimate of drug-likeness (QED) is 0.300. The van der Waals surface area contributed by atoms with Crippen molar-refractivity contribution in [3.8, 4) is 5.75 Å². The number of nitrogens with one attached hydrogen (secondary N) is 1. The molecule has 0 aliphatic heterocycles. The zero-order valence-corrected chi connectivity index (χ0v) is 17.5. The fraction of sp³-hybridized carbons (Fsp3) is 0.0769. The van der Waals surface area contributed by atoms with E-state index in [1.165, 1.54) is 10.8 Å². The van der Waals surface area contributed by atoms with E-state index in [4.69, 9.17) is 16.3 Å². The summed E-state index contributed by atoms with van der Waals surface area (Å²) in [6.07, 6.45) is 1.83. The number of para-hydroxylation sites is 1. The summed E-state index contributed by atoms with van der Waals surface area (Å²) in [7, 11) is 0. The minimum atomic E-state index is -0.201. The van der Waals surface area contributed by atoms with Crippen LogP contribution >= 0.6 is 11.6 Å². The Morgan fingerprint density at radius 3 is 2.52 bits per heavy atom. The number of rotatable bonds is 7. The number of hydrogen-bond acceptors (Lipinski definition) is 3. The summed E-state index contributed by atoms with van der Waals surface area (Å²) in [5, 5.41) is 7.09. The second-order valence-corrected chi connectivity index (χ2v) is 7.50. The van der Waals surface area contributed by atoms with Crippen LogP contribution in [0.5, 0.6) is 5.75 Å². The van der Waals surface area contributed by atoms with Gasteiger partial charge in [-0.25, -0.2) is 5.43 Å². The van der Waals surface area contributed by atoms with Crippen LogP contribution in [0.25, 0.3) is 10.8 Å². The van der Waals surface area contributed by atoms with Crippen LogP contribution in [-0.4, -0.2) is 12.1 Å². The first kappa shape index (κ1) is 20.6. The molecule has 0 aromatic heterocycles. The molecule has 4 nitrogen and oxygen atoms in total. The van der Waals surface area contributed by atoms with Gasteiger partial charge in [0, 0.05) is 10.6 Å². The highest BCUT2D eigenvalue weighted by atomic mass is 35.5. The van der Waals surface area contributed by atoms with Crippen molar-refractivity contribution in [2.24, 2.45) is 5.10 Å². The van der Waals surface area contributed by atoms with Crippen LogP contribution in [-0.2, 0) is 17.8 Å². The molecule has 0 spiro atoms. The minimum absolute atomic E-state index is 0.201. The summed E-state index contributed by atoms with van der Waals surface area (Å²) in [6, 6.07) is 29.2. The number of benzene rings is 4. The Labute approximate surface area is 186 Å². The van der Waals surface area contributed by atoms with Crippen molar-refractivity contribution in [1.82, 2.24) is 5.43 Å². The number of amides is 1. The largest absolute Gasteiger partial charge is 0.488 e. The standard InChI is InChI=1S/C26H21ClN2O2/c27-23-14-12-19(13-15-23)16-26(30)29-28-17-21-7-2-4-11-25(21)31-18-22-9-5-8-20-6-1-3-10-24(20)22/h1-15,17H,16,18H2,(H,29,30)/b28-17+. The number of hydrazone groups is 1. The summed E-state index contributed by atoms with van der Waals surface area (Å²) in [6.45, 7) is 0.440. The first-order chi connectivity index (χ1) is 15.2. The van der Waals surface area contributed by atoms with Gasteiger partial charge in [0.25, 0.3) is 0 Å². The fourth-order valence-corrected chi connectivity index (χ4v) is 3.42. The Morgan fingerprint density at radius 2 is 1.65 bits per heavy atom. The Kier molecular flexibility index (Phi) is 6.60. The first-order valence-corrected chi connectivity index (χ1v) is 10.3. The van der Waals surface area contributed by atoms with Crippen LogP contribution in [0.15, 0.2) is 96.1 Å². The van der Waals surface area contributed by atoms with Gasteiger partial charge in [-0.3, -0.25) is 4.79 Å². The third kappa shape index (κ3) is 5.50. The maximum atomic E-state index is 12.1. The molecule has 0 fully saturated rings. The lowest BCUT2D eigenvalue weighted by molar-refractivity contribution is -0.120. The van der Waals surface area contributed by atoms with E-state index in [-0.39, 0.29) is 12.3 Å². The van der Waals surface area contributed by atoms with Crippen LogP contribution in [0.2, 0.25) is 5.02 Å². The van der Waals surface area contributed by atoms with Crippen LogP contribution < -0.4 is 10.2 Å². The average molecular weight is 429 g/mol. The number of carbonyl (C=O) groups excluding carboxylic acids is 1. The molecule has 0 aliphatic rings. The maximum absolute atomic E-state index is 12.1. The van der Waals surface area contributed by atoms with Crippen LogP contribution in [0.3, 0.4) is 0 Å². The van der Waals surface area contributed by atoms with Crippen LogP contribution in [0.4, 0.5) is 0 Å². The third-order valence-corrected chi connectivity index (χ3v) is 5.10. The highest BCUT2D eigenvalue weighted by Gasteiger charge is 2.05. The molecule has 0 unspecified atom stereocenters. The van der Waals surface area contributed by atoms with E-state index in [0.29, 0.717) is 17.4 Å². The number of fused-ring (bicyclic) bond motifs is 1. The highest BCUT2D eigenvalue weighted by Crippen LogP contribution is 2.22. The molecule has 0 saturated carbocycles. The third-order valence-electron chi connectivity index (χ3n) is 4.85. The van der Waals surface area contributed by atoms with E-state index in [1.807, 2.05) is 54.6 Å².